The maximum atomic E-state index is 13.6. The molecule has 1 aliphatic rings. The average molecular weight is 391 g/mol. The Morgan fingerprint density at radius 2 is 1.78 bits per heavy atom. The molecule has 0 spiro atoms. The number of hydrogen-bond acceptors (Lipinski definition) is 6. The molecule has 0 radical (unpaired) electrons. The number of amides is 2. The number of rotatable bonds is 5. The minimum Gasteiger partial charge on any atom is -0.379 e. The molecule has 3 rings (SSSR count). The van der Waals surface area contributed by atoms with Gasteiger partial charge in [0.1, 0.15) is 0 Å². The van der Waals surface area contributed by atoms with E-state index in [2.05, 4.69) is 0 Å². The van der Waals surface area contributed by atoms with Crippen molar-refractivity contribution in [2.24, 2.45) is 5.73 Å². The first-order valence-corrected chi connectivity index (χ1v) is 8.64. The molecule has 0 saturated carbocycles. The number of nitrogens with zero attached hydrogens (tertiary/aromatic N) is 2. The topological polar surface area (TPSA) is 142 Å². The minimum absolute atomic E-state index is 0.0150. The summed E-state index contributed by atoms with van der Waals surface area (Å²) in [4.78, 5) is 50.8. The zero-order valence-electron chi connectivity index (χ0n) is 13.8. The van der Waals surface area contributed by atoms with Crippen LogP contribution in [0.25, 0.3) is 0 Å². The summed E-state index contributed by atoms with van der Waals surface area (Å²) in [5.41, 5.74) is 3.89. The number of carbonyl (C=O) groups is 2. The van der Waals surface area contributed by atoms with Crippen LogP contribution in [0.15, 0.2) is 40.1 Å². The van der Waals surface area contributed by atoms with Gasteiger partial charge in [-0.05, 0) is 18.6 Å². The third-order valence-corrected chi connectivity index (χ3v) is 4.96. The molecule has 1 aromatic carbocycles. The summed E-state index contributed by atoms with van der Waals surface area (Å²) < 4.78 is 14.5. The van der Waals surface area contributed by atoms with Crippen LogP contribution in [0, 0.1) is 11.2 Å². The number of benzene rings is 1. The Kier molecular flexibility index (Phi) is 4.95. The number of hydrogen-bond donors (Lipinski definition) is 3. The number of amidine groups is 1. The quantitative estimate of drug-likeness (QED) is 0.385. The molecule has 11 heteroatoms. The second kappa shape index (κ2) is 7.19. The Balaban J connectivity index is 1.85. The molecular formula is C16H14FN5O4S. The van der Waals surface area contributed by atoms with Crippen LogP contribution in [-0.2, 0) is 0 Å². The number of fused-ring (bicyclic) bond motifs is 1. The number of thioether (sulfide) groups is 1. The Morgan fingerprint density at radius 3 is 2.33 bits per heavy atom. The van der Waals surface area contributed by atoms with E-state index < -0.39 is 34.3 Å². The van der Waals surface area contributed by atoms with Gasteiger partial charge in [-0.15, -0.1) is 0 Å². The van der Waals surface area contributed by atoms with E-state index in [1.807, 2.05) is 4.98 Å². The number of H-pyrrole nitrogens is 1. The van der Waals surface area contributed by atoms with E-state index in [0.717, 1.165) is 21.2 Å². The van der Waals surface area contributed by atoms with Gasteiger partial charge in [0.05, 0.1) is 22.7 Å². The smallest absolute Gasteiger partial charge is 0.329 e. The first-order chi connectivity index (χ1) is 12.8. The molecule has 0 fully saturated rings. The molecule has 2 amide bonds. The Bertz CT molecular complexity index is 1030. The maximum absolute atomic E-state index is 13.6. The molecule has 4 N–H and O–H groups in total. The SMILES string of the molecule is N=C(N)SC(CCN1C(=O)c2ccccc2C1=O)n1cc(F)c(=O)[nH]c1=O. The summed E-state index contributed by atoms with van der Waals surface area (Å²) in [6, 6.07) is 6.37. The standard InChI is InChI=1S/C16H14FN5O4S/c17-10-7-22(16(26)20-12(10)23)11(27-15(18)19)5-6-21-13(24)8-3-1-2-4-9(8)14(21)25/h1-4,7,11H,5-6H2,(H3,18,19)(H,20,23,26). The minimum atomic E-state index is -1.18. The average Bonchev–Trinajstić information content (AvgIpc) is 2.86. The summed E-state index contributed by atoms with van der Waals surface area (Å²) in [6.07, 6.45) is 0.727. The second-order valence-electron chi connectivity index (χ2n) is 5.68. The normalized spacial score (nSPS) is 14.3. The van der Waals surface area contributed by atoms with Crippen LogP contribution in [0.4, 0.5) is 4.39 Å². The fraction of sp³-hybridized carbons (Fsp3) is 0.188. The molecule has 0 saturated heterocycles. The molecule has 9 nitrogen and oxygen atoms in total. The van der Waals surface area contributed by atoms with Gasteiger partial charge in [0.15, 0.2) is 5.17 Å². The predicted molar refractivity (Wildman–Crippen MR) is 96.2 cm³/mol. The lowest BCUT2D eigenvalue weighted by Gasteiger charge is -2.21. The van der Waals surface area contributed by atoms with Crippen molar-refractivity contribution < 1.29 is 14.0 Å². The molecule has 140 valence electrons. The molecule has 0 bridgehead atoms. The van der Waals surface area contributed by atoms with E-state index in [9.17, 15) is 23.6 Å². The number of nitrogens with one attached hydrogen (secondary N) is 2. The molecule has 1 aromatic heterocycles. The molecule has 27 heavy (non-hydrogen) atoms. The van der Waals surface area contributed by atoms with Crippen LogP contribution in [0.1, 0.15) is 32.5 Å². The molecule has 1 unspecified atom stereocenters. The van der Waals surface area contributed by atoms with Crippen molar-refractivity contribution in [3.63, 3.8) is 0 Å². The predicted octanol–water partition coefficient (Wildman–Crippen LogP) is 0.487. The molecular weight excluding hydrogens is 377 g/mol. The van der Waals surface area contributed by atoms with Gasteiger partial charge in [-0.3, -0.25) is 34.2 Å². The summed E-state index contributed by atoms with van der Waals surface area (Å²) in [7, 11) is 0. The lowest BCUT2D eigenvalue weighted by atomic mass is 10.1. The first-order valence-electron chi connectivity index (χ1n) is 7.76. The van der Waals surface area contributed by atoms with Gasteiger partial charge >= 0.3 is 5.69 Å². The van der Waals surface area contributed by atoms with Crippen LogP contribution in [0.3, 0.4) is 0 Å². The third-order valence-electron chi connectivity index (χ3n) is 3.98. The fourth-order valence-electron chi connectivity index (χ4n) is 2.76. The van der Waals surface area contributed by atoms with Crippen molar-refractivity contribution >= 4 is 28.7 Å². The van der Waals surface area contributed by atoms with Crippen LogP contribution >= 0.6 is 11.8 Å². The van der Waals surface area contributed by atoms with Gasteiger partial charge in [0, 0.05) is 6.54 Å². The second-order valence-corrected chi connectivity index (χ2v) is 6.90. The number of aromatic nitrogens is 2. The summed E-state index contributed by atoms with van der Waals surface area (Å²) in [5.74, 6) is -2.12. The van der Waals surface area contributed by atoms with Crippen molar-refractivity contribution in [2.75, 3.05) is 6.54 Å². The third kappa shape index (κ3) is 3.53. The number of nitrogens with two attached hydrogens (primary N) is 1. The summed E-state index contributed by atoms with van der Waals surface area (Å²) in [5, 5.41) is 6.18. The van der Waals surface area contributed by atoms with Gasteiger partial charge in [0.25, 0.3) is 17.4 Å². The summed E-state index contributed by atoms with van der Waals surface area (Å²) >= 11 is 0.737. The lowest BCUT2D eigenvalue weighted by molar-refractivity contribution is 0.0650. The Labute approximate surface area is 155 Å². The fourth-order valence-corrected chi connectivity index (χ4v) is 3.54. The van der Waals surface area contributed by atoms with E-state index >= 15 is 0 Å². The van der Waals surface area contributed by atoms with E-state index in [1.165, 1.54) is 0 Å². The van der Waals surface area contributed by atoms with Crippen molar-refractivity contribution in [2.45, 2.75) is 11.8 Å². The first kappa shape index (κ1) is 18.6. The number of carbonyl (C=O) groups excluding carboxylic acids is 2. The Morgan fingerprint density at radius 1 is 1.19 bits per heavy atom. The van der Waals surface area contributed by atoms with Crippen LogP contribution < -0.4 is 17.0 Å². The van der Waals surface area contributed by atoms with Gasteiger partial charge < -0.3 is 5.73 Å². The van der Waals surface area contributed by atoms with Crippen molar-refractivity contribution in [1.29, 1.82) is 5.41 Å². The molecule has 1 aliphatic heterocycles. The van der Waals surface area contributed by atoms with Crippen LogP contribution in [-0.4, -0.2) is 38.0 Å². The van der Waals surface area contributed by atoms with Gasteiger partial charge in [-0.25, -0.2) is 4.79 Å². The number of aromatic amines is 1. The summed E-state index contributed by atoms with van der Waals surface area (Å²) in [6.45, 7) is -0.0789. The van der Waals surface area contributed by atoms with E-state index in [4.69, 9.17) is 11.1 Å². The highest BCUT2D eigenvalue weighted by molar-refractivity contribution is 8.13. The lowest BCUT2D eigenvalue weighted by Crippen LogP contribution is -2.36. The van der Waals surface area contributed by atoms with Crippen molar-refractivity contribution in [3.05, 3.63) is 68.2 Å². The zero-order chi connectivity index (χ0) is 19.7. The monoisotopic (exact) mass is 391 g/mol. The highest BCUT2D eigenvalue weighted by atomic mass is 32.2. The van der Waals surface area contributed by atoms with Crippen molar-refractivity contribution in [1.82, 2.24) is 14.5 Å². The highest BCUT2D eigenvalue weighted by Crippen LogP contribution is 2.28. The molecule has 0 aliphatic carbocycles. The molecule has 1 atom stereocenters. The molecule has 2 heterocycles. The van der Waals surface area contributed by atoms with Gasteiger partial charge in [0.2, 0.25) is 5.82 Å². The molecule has 2 aromatic rings. The largest absolute Gasteiger partial charge is 0.379 e. The van der Waals surface area contributed by atoms with E-state index in [-0.39, 0.29) is 29.3 Å². The zero-order valence-corrected chi connectivity index (χ0v) is 14.6. The highest BCUT2D eigenvalue weighted by Gasteiger charge is 2.35. The van der Waals surface area contributed by atoms with Crippen LogP contribution in [0.2, 0.25) is 0 Å². The van der Waals surface area contributed by atoms with Gasteiger partial charge in [-0.2, -0.15) is 4.39 Å². The van der Waals surface area contributed by atoms with Gasteiger partial charge in [-0.1, -0.05) is 23.9 Å². The van der Waals surface area contributed by atoms with Crippen molar-refractivity contribution in [3.8, 4) is 0 Å². The van der Waals surface area contributed by atoms with E-state index in [0.29, 0.717) is 6.20 Å². The maximum Gasteiger partial charge on any atom is 0.329 e. The van der Waals surface area contributed by atoms with E-state index in [1.54, 1.807) is 24.3 Å². The van der Waals surface area contributed by atoms with Crippen LogP contribution in [0.5, 0.6) is 0 Å². The Hall–Kier alpha value is -3.21. The number of halogens is 1. The number of imide groups is 1.